The summed E-state index contributed by atoms with van der Waals surface area (Å²) in [6.07, 6.45) is 0. The van der Waals surface area contributed by atoms with Crippen molar-refractivity contribution in [1.29, 1.82) is 0 Å². The first kappa shape index (κ1) is 18.7. The number of benzene rings is 2. The Morgan fingerprint density at radius 3 is 2.66 bits per heavy atom. The zero-order valence-corrected chi connectivity index (χ0v) is 16.3. The van der Waals surface area contributed by atoms with Crippen LogP contribution >= 0.6 is 23.6 Å². The quantitative estimate of drug-likeness (QED) is 0.280. The Kier molecular flexibility index (Phi) is 5.02. The summed E-state index contributed by atoms with van der Waals surface area (Å²) in [5.74, 6) is -0.382. The van der Waals surface area contributed by atoms with Crippen LogP contribution in [0, 0.1) is 10.1 Å². The van der Waals surface area contributed by atoms with Gasteiger partial charge in [0.15, 0.2) is 16.0 Å². The molecule has 10 heteroatoms. The molecule has 0 aliphatic carbocycles. The molecule has 0 bridgehead atoms. The fraction of sp³-hybridized carbons (Fsp3) is 0. The number of carbonyl (C=O) groups is 1. The van der Waals surface area contributed by atoms with Gasteiger partial charge in [0.25, 0.3) is 11.6 Å². The summed E-state index contributed by atoms with van der Waals surface area (Å²) >= 11 is 6.57. The number of thiazole rings is 1. The number of thiocarbonyl (C=S) groups is 1. The molecule has 4 rings (SSSR count). The van der Waals surface area contributed by atoms with Gasteiger partial charge in [-0.15, -0.1) is 0 Å². The molecule has 2 heterocycles. The second kappa shape index (κ2) is 7.78. The monoisotopic (exact) mass is 424 g/mol. The summed E-state index contributed by atoms with van der Waals surface area (Å²) in [6.45, 7) is 0. The van der Waals surface area contributed by atoms with E-state index < -0.39 is 10.8 Å². The van der Waals surface area contributed by atoms with Gasteiger partial charge in [-0.25, -0.2) is 4.98 Å². The van der Waals surface area contributed by atoms with Gasteiger partial charge < -0.3 is 9.73 Å². The third kappa shape index (κ3) is 3.98. The maximum atomic E-state index is 12.4. The van der Waals surface area contributed by atoms with Crippen LogP contribution in [-0.4, -0.2) is 20.9 Å². The van der Waals surface area contributed by atoms with Crippen molar-refractivity contribution in [3.05, 3.63) is 76.5 Å². The molecule has 2 N–H and O–H groups in total. The normalized spacial score (nSPS) is 10.6. The summed E-state index contributed by atoms with van der Waals surface area (Å²) < 4.78 is 6.49. The lowest BCUT2D eigenvalue weighted by Gasteiger charge is -2.05. The molecule has 4 aromatic rings. The number of hydrogen-bond acceptors (Lipinski definition) is 7. The van der Waals surface area contributed by atoms with Crippen LogP contribution in [0.2, 0.25) is 0 Å². The number of nitrogens with zero attached hydrogens (tertiary/aromatic N) is 2. The third-order valence-corrected chi connectivity index (χ3v) is 5.09. The van der Waals surface area contributed by atoms with Gasteiger partial charge in [-0.2, -0.15) is 0 Å². The van der Waals surface area contributed by atoms with Gasteiger partial charge in [-0.3, -0.25) is 20.2 Å². The lowest BCUT2D eigenvalue weighted by Crippen LogP contribution is -2.33. The number of nitro benzene ring substituents is 1. The van der Waals surface area contributed by atoms with Gasteiger partial charge in [-0.1, -0.05) is 35.6 Å². The standard InChI is InChI=1S/C19H12N4O4S2/c24-17(21-18(28)22-19-20-12-6-2-4-8-16(12)29-19)15-10-9-14(27-15)11-5-1-3-7-13(11)23(25)26/h1-10H,(H2,20,21,22,24,28). The van der Waals surface area contributed by atoms with Crippen LogP contribution in [0.25, 0.3) is 21.5 Å². The van der Waals surface area contributed by atoms with E-state index in [0.29, 0.717) is 5.13 Å². The van der Waals surface area contributed by atoms with Gasteiger partial charge in [0.05, 0.1) is 20.7 Å². The number of para-hydroxylation sites is 2. The van der Waals surface area contributed by atoms with E-state index in [1.165, 1.54) is 29.5 Å². The Morgan fingerprint density at radius 2 is 1.86 bits per heavy atom. The Hall–Kier alpha value is -3.63. The number of anilines is 1. The van der Waals surface area contributed by atoms with Crippen molar-refractivity contribution in [1.82, 2.24) is 10.3 Å². The summed E-state index contributed by atoms with van der Waals surface area (Å²) in [4.78, 5) is 27.5. The first-order valence-electron chi connectivity index (χ1n) is 8.33. The Labute approximate surface area is 173 Å². The van der Waals surface area contributed by atoms with Crippen molar-refractivity contribution < 1.29 is 14.1 Å². The zero-order chi connectivity index (χ0) is 20.4. The fourth-order valence-electron chi connectivity index (χ4n) is 2.66. The number of hydrogen-bond donors (Lipinski definition) is 2. The van der Waals surface area contributed by atoms with Crippen LogP contribution in [-0.2, 0) is 0 Å². The molecule has 0 saturated carbocycles. The van der Waals surface area contributed by atoms with Gasteiger partial charge in [0, 0.05) is 6.07 Å². The molecule has 0 unspecified atom stereocenters. The van der Waals surface area contributed by atoms with E-state index in [2.05, 4.69) is 15.6 Å². The van der Waals surface area contributed by atoms with Crippen molar-refractivity contribution in [2.24, 2.45) is 0 Å². The van der Waals surface area contributed by atoms with Crippen molar-refractivity contribution in [3.8, 4) is 11.3 Å². The van der Waals surface area contributed by atoms with E-state index in [-0.39, 0.29) is 27.9 Å². The maximum absolute atomic E-state index is 12.4. The molecule has 2 aromatic heterocycles. The van der Waals surface area contributed by atoms with Gasteiger partial charge in [-0.05, 0) is 42.5 Å². The molecule has 0 atom stereocenters. The molecule has 8 nitrogen and oxygen atoms in total. The molecule has 0 saturated heterocycles. The molecule has 0 spiro atoms. The molecule has 29 heavy (non-hydrogen) atoms. The molecular formula is C19H12N4O4S2. The lowest BCUT2D eigenvalue weighted by molar-refractivity contribution is -0.384. The number of nitro groups is 1. The summed E-state index contributed by atoms with van der Waals surface area (Å²) in [7, 11) is 0. The van der Waals surface area contributed by atoms with E-state index >= 15 is 0 Å². The lowest BCUT2D eigenvalue weighted by atomic mass is 10.1. The predicted octanol–water partition coefficient (Wildman–Crippen LogP) is 4.59. The van der Waals surface area contributed by atoms with Crippen LogP contribution in [0.1, 0.15) is 10.6 Å². The van der Waals surface area contributed by atoms with E-state index in [1.54, 1.807) is 18.2 Å². The molecule has 0 radical (unpaired) electrons. The van der Waals surface area contributed by atoms with E-state index in [0.717, 1.165) is 10.2 Å². The predicted molar refractivity (Wildman–Crippen MR) is 114 cm³/mol. The SMILES string of the molecule is O=C(NC(=S)Nc1nc2ccccc2s1)c1ccc(-c2ccccc2[N+](=O)[O-])o1. The molecule has 0 fully saturated rings. The van der Waals surface area contributed by atoms with Gasteiger partial charge in [0.2, 0.25) is 0 Å². The van der Waals surface area contributed by atoms with Gasteiger partial charge >= 0.3 is 0 Å². The highest BCUT2D eigenvalue weighted by Gasteiger charge is 2.20. The van der Waals surface area contributed by atoms with Crippen molar-refractivity contribution >= 4 is 55.6 Å². The number of aromatic nitrogens is 1. The first-order chi connectivity index (χ1) is 14.0. The summed E-state index contributed by atoms with van der Waals surface area (Å²) in [6, 6.07) is 16.7. The van der Waals surface area contributed by atoms with Crippen LogP contribution < -0.4 is 10.6 Å². The molecule has 0 aliphatic heterocycles. The molecule has 2 aromatic carbocycles. The highest BCUT2D eigenvalue weighted by atomic mass is 32.1. The van der Waals surface area contributed by atoms with Gasteiger partial charge in [0.1, 0.15) is 5.76 Å². The van der Waals surface area contributed by atoms with Crippen LogP contribution in [0.4, 0.5) is 10.8 Å². The second-order valence-electron chi connectivity index (χ2n) is 5.83. The van der Waals surface area contributed by atoms with E-state index in [4.69, 9.17) is 16.6 Å². The molecule has 0 aliphatic rings. The largest absolute Gasteiger partial charge is 0.451 e. The van der Waals surface area contributed by atoms with Crippen molar-refractivity contribution in [2.45, 2.75) is 0 Å². The summed E-state index contributed by atoms with van der Waals surface area (Å²) in [5, 5.41) is 17.2. The van der Waals surface area contributed by atoms with E-state index in [9.17, 15) is 14.9 Å². The van der Waals surface area contributed by atoms with Crippen molar-refractivity contribution in [2.75, 3.05) is 5.32 Å². The average Bonchev–Trinajstić information content (AvgIpc) is 3.34. The average molecular weight is 424 g/mol. The highest BCUT2D eigenvalue weighted by molar-refractivity contribution is 7.80. The summed E-state index contributed by atoms with van der Waals surface area (Å²) in [5.41, 5.74) is 1.00. The third-order valence-electron chi connectivity index (χ3n) is 3.94. The zero-order valence-electron chi connectivity index (χ0n) is 14.6. The highest BCUT2D eigenvalue weighted by Crippen LogP contribution is 2.31. The number of furan rings is 1. The Morgan fingerprint density at radius 1 is 1.10 bits per heavy atom. The number of amides is 1. The molecule has 1 amide bonds. The van der Waals surface area contributed by atoms with Crippen LogP contribution in [0.15, 0.2) is 65.1 Å². The van der Waals surface area contributed by atoms with E-state index in [1.807, 2.05) is 24.3 Å². The topological polar surface area (TPSA) is 110 Å². The van der Waals surface area contributed by atoms with Crippen LogP contribution in [0.3, 0.4) is 0 Å². The minimum atomic E-state index is -0.576. The van der Waals surface area contributed by atoms with Crippen LogP contribution in [0.5, 0.6) is 0 Å². The number of rotatable bonds is 4. The Balaban J connectivity index is 1.46. The smallest absolute Gasteiger partial charge is 0.293 e. The fourth-order valence-corrected chi connectivity index (χ4v) is 3.79. The minimum absolute atomic E-state index is 0.0217. The Bertz CT molecular complexity index is 1210. The van der Waals surface area contributed by atoms with Crippen molar-refractivity contribution in [3.63, 3.8) is 0 Å². The molecule has 144 valence electrons. The first-order valence-corrected chi connectivity index (χ1v) is 9.55. The second-order valence-corrected chi connectivity index (χ2v) is 7.27. The minimum Gasteiger partial charge on any atom is -0.451 e. The number of carbonyl (C=O) groups excluding carboxylic acids is 1. The molecular weight excluding hydrogens is 412 g/mol. The number of fused-ring (bicyclic) bond motifs is 1. The maximum Gasteiger partial charge on any atom is 0.293 e. The number of nitrogens with one attached hydrogen (secondary N) is 2.